The number of carbonyl (C=O) groups is 2. The summed E-state index contributed by atoms with van der Waals surface area (Å²) >= 11 is 0. The molecule has 1 heterocycles. The summed E-state index contributed by atoms with van der Waals surface area (Å²) in [6.45, 7) is 2.30. The van der Waals surface area contributed by atoms with Crippen molar-refractivity contribution >= 4 is 27.4 Å². The number of anilines is 1. The van der Waals surface area contributed by atoms with Crippen LogP contribution in [-0.2, 0) is 19.4 Å². The summed E-state index contributed by atoms with van der Waals surface area (Å²) in [7, 11) is -3.00. The Bertz CT molecular complexity index is 1380. The Morgan fingerprint density at radius 1 is 0.971 bits per heavy atom. The van der Waals surface area contributed by atoms with E-state index in [9.17, 15) is 23.1 Å². The molecule has 3 aromatic rings. The molecular weight excluding hydrogens is 470 g/mol. The van der Waals surface area contributed by atoms with Crippen LogP contribution in [0.1, 0.15) is 28.9 Å². The van der Waals surface area contributed by atoms with Crippen LogP contribution in [0.5, 0.6) is 5.75 Å². The number of aliphatic hydroxyl groups excluding tert-OH is 1. The van der Waals surface area contributed by atoms with E-state index in [1.54, 1.807) is 42.5 Å². The van der Waals surface area contributed by atoms with E-state index in [2.05, 4.69) is 0 Å². The highest BCUT2D eigenvalue weighted by molar-refractivity contribution is 7.95. The smallest absolute Gasteiger partial charge is 0.337 e. The van der Waals surface area contributed by atoms with Crippen LogP contribution in [0.2, 0.25) is 0 Å². The summed E-state index contributed by atoms with van der Waals surface area (Å²) in [5.41, 5.74) is 1.01. The number of benzene rings is 3. The Hall–Kier alpha value is -4.11. The molecule has 1 N–H and O–H groups in total. The molecule has 1 amide bonds. The van der Waals surface area contributed by atoms with Gasteiger partial charge in [-0.1, -0.05) is 30.3 Å². The summed E-state index contributed by atoms with van der Waals surface area (Å²) < 4.78 is 37.4. The average molecular weight is 494 g/mol. The van der Waals surface area contributed by atoms with Gasteiger partial charge in [-0.3, -0.25) is 9.69 Å². The summed E-state index contributed by atoms with van der Waals surface area (Å²) in [6.07, 6.45) is 0. The molecule has 35 heavy (non-hydrogen) atoms. The van der Waals surface area contributed by atoms with Gasteiger partial charge in [0.15, 0.2) is 5.76 Å². The molecule has 0 unspecified atom stereocenters. The van der Waals surface area contributed by atoms with Crippen molar-refractivity contribution in [2.75, 3.05) is 18.6 Å². The molecule has 4 rings (SSSR count). The largest absolute Gasteiger partial charge is 0.502 e. The molecule has 0 fully saturated rings. The van der Waals surface area contributed by atoms with Gasteiger partial charge in [0, 0.05) is 5.69 Å². The molecule has 9 heteroatoms. The molecule has 3 aromatic carbocycles. The van der Waals surface area contributed by atoms with Crippen LogP contribution in [0.15, 0.2) is 94.4 Å². The third-order valence-electron chi connectivity index (χ3n) is 5.58. The first-order valence-corrected chi connectivity index (χ1v) is 12.3. The normalized spacial score (nSPS) is 15.9. The monoisotopic (exact) mass is 493 g/mol. The molecule has 1 aliphatic heterocycles. The molecule has 8 nitrogen and oxygen atoms in total. The van der Waals surface area contributed by atoms with Crippen LogP contribution in [0.25, 0.3) is 0 Å². The maximum Gasteiger partial charge on any atom is 0.337 e. The number of rotatable bonds is 7. The van der Waals surface area contributed by atoms with Gasteiger partial charge in [0.2, 0.25) is 9.84 Å². The summed E-state index contributed by atoms with van der Waals surface area (Å²) in [5.74, 6) is -1.69. The zero-order chi connectivity index (χ0) is 25.2. The Balaban J connectivity index is 1.87. The number of sulfone groups is 1. The molecule has 180 valence electrons. The van der Waals surface area contributed by atoms with Gasteiger partial charge in [0.1, 0.15) is 16.7 Å². The Morgan fingerprint density at radius 3 is 2.17 bits per heavy atom. The standard InChI is InChI=1S/C26H23NO7S/c1-3-34-20-15-13-19(14-16-20)27-22(17-9-11-18(12-10-17)26(30)33-2)24(23(28)25(27)29)35(31,32)21-7-5-4-6-8-21/h4-16,22,28H,3H2,1-2H3/t22-/m0/s1. The number of carbonyl (C=O) groups excluding carboxylic acids is 2. The van der Waals surface area contributed by atoms with Crippen molar-refractivity contribution in [3.8, 4) is 5.75 Å². The van der Waals surface area contributed by atoms with Crippen molar-refractivity contribution in [3.05, 3.63) is 101 Å². The predicted molar refractivity (Wildman–Crippen MR) is 129 cm³/mol. The number of hydrogen-bond donors (Lipinski definition) is 1. The topological polar surface area (TPSA) is 110 Å². The number of aliphatic hydroxyl groups is 1. The van der Waals surface area contributed by atoms with Crippen LogP contribution >= 0.6 is 0 Å². The third-order valence-corrected chi connectivity index (χ3v) is 7.47. The average Bonchev–Trinajstić information content (AvgIpc) is 3.15. The molecule has 1 aliphatic rings. The fourth-order valence-electron chi connectivity index (χ4n) is 3.94. The van der Waals surface area contributed by atoms with E-state index in [-0.39, 0.29) is 10.5 Å². The van der Waals surface area contributed by atoms with Crippen LogP contribution in [0, 0.1) is 0 Å². The lowest BCUT2D eigenvalue weighted by molar-refractivity contribution is -0.117. The van der Waals surface area contributed by atoms with Gasteiger partial charge in [-0.25, -0.2) is 13.2 Å². The van der Waals surface area contributed by atoms with Gasteiger partial charge in [-0.05, 0) is 61.0 Å². The van der Waals surface area contributed by atoms with Crippen LogP contribution in [0.3, 0.4) is 0 Å². The molecule has 0 saturated carbocycles. The molecule has 1 atom stereocenters. The van der Waals surface area contributed by atoms with Crippen LogP contribution < -0.4 is 9.64 Å². The highest BCUT2D eigenvalue weighted by Crippen LogP contribution is 2.45. The second kappa shape index (κ2) is 9.63. The number of esters is 1. The van der Waals surface area contributed by atoms with Gasteiger partial charge < -0.3 is 14.6 Å². The van der Waals surface area contributed by atoms with Gasteiger partial charge in [-0.2, -0.15) is 0 Å². The lowest BCUT2D eigenvalue weighted by atomic mass is 10.0. The van der Waals surface area contributed by atoms with E-state index in [1.807, 2.05) is 6.92 Å². The van der Waals surface area contributed by atoms with Crippen LogP contribution in [-0.4, -0.2) is 39.1 Å². The minimum Gasteiger partial charge on any atom is -0.502 e. The first-order valence-electron chi connectivity index (χ1n) is 10.8. The lowest BCUT2D eigenvalue weighted by Crippen LogP contribution is -2.31. The van der Waals surface area contributed by atoms with Gasteiger partial charge >= 0.3 is 5.97 Å². The molecular formula is C26H23NO7S. The zero-order valence-electron chi connectivity index (χ0n) is 19.0. The zero-order valence-corrected chi connectivity index (χ0v) is 19.9. The van der Waals surface area contributed by atoms with E-state index in [0.717, 1.165) is 0 Å². The predicted octanol–water partition coefficient (Wildman–Crippen LogP) is 4.20. The van der Waals surface area contributed by atoms with Crippen molar-refractivity contribution in [1.29, 1.82) is 0 Å². The number of ether oxygens (including phenoxy) is 2. The first-order chi connectivity index (χ1) is 16.8. The second-order valence-corrected chi connectivity index (χ2v) is 9.57. The fourth-order valence-corrected chi connectivity index (χ4v) is 5.59. The highest BCUT2D eigenvalue weighted by Gasteiger charge is 2.47. The molecule has 0 radical (unpaired) electrons. The number of amides is 1. The van der Waals surface area contributed by atoms with E-state index in [1.165, 1.54) is 48.4 Å². The molecule has 0 aromatic heterocycles. The van der Waals surface area contributed by atoms with E-state index >= 15 is 0 Å². The summed E-state index contributed by atoms with van der Waals surface area (Å²) in [4.78, 5) is 25.9. The van der Waals surface area contributed by atoms with Crippen molar-refractivity contribution in [2.24, 2.45) is 0 Å². The Kier molecular flexibility index (Phi) is 6.61. The number of nitrogens with zero attached hydrogens (tertiary/aromatic N) is 1. The SMILES string of the molecule is CCOc1ccc(N2C(=O)C(O)=C(S(=O)(=O)c3ccccc3)[C@@H]2c2ccc(C(=O)OC)cc2)cc1. The quantitative estimate of drug-likeness (QED) is 0.491. The highest BCUT2D eigenvalue weighted by atomic mass is 32.2. The van der Waals surface area contributed by atoms with Crippen molar-refractivity contribution in [1.82, 2.24) is 0 Å². The van der Waals surface area contributed by atoms with Gasteiger partial charge in [-0.15, -0.1) is 0 Å². The minimum atomic E-state index is -4.26. The lowest BCUT2D eigenvalue weighted by Gasteiger charge is -2.27. The first kappa shape index (κ1) is 24.0. The maximum atomic E-state index is 13.6. The Labute approximate surface area is 202 Å². The number of methoxy groups -OCH3 is 1. The molecule has 0 aliphatic carbocycles. The van der Waals surface area contributed by atoms with Gasteiger partial charge in [0.25, 0.3) is 5.91 Å². The molecule has 0 bridgehead atoms. The molecule has 0 saturated heterocycles. The fraction of sp³-hybridized carbons (Fsp3) is 0.154. The van der Waals surface area contributed by atoms with Crippen LogP contribution in [0.4, 0.5) is 5.69 Å². The van der Waals surface area contributed by atoms with Gasteiger partial charge in [0.05, 0.1) is 24.2 Å². The summed E-state index contributed by atoms with van der Waals surface area (Å²) in [5, 5.41) is 10.8. The number of hydrogen-bond acceptors (Lipinski definition) is 7. The summed E-state index contributed by atoms with van der Waals surface area (Å²) in [6, 6.07) is 19.0. The minimum absolute atomic E-state index is 0.0564. The van der Waals surface area contributed by atoms with E-state index in [0.29, 0.717) is 23.6 Å². The van der Waals surface area contributed by atoms with E-state index in [4.69, 9.17) is 9.47 Å². The van der Waals surface area contributed by atoms with E-state index < -0.39 is 38.4 Å². The van der Waals surface area contributed by atoms with Crippen molar-refractivity contribution in [2.45, 2.75) is 17.9 Å². The molecule has 0 spiro atoms. The van der Waals surface area contributed by atoms with Crippen molar-refractivity contribution in [3.63, 3.8) is 0 Å². The maximum absolute atomic E-state index is 13.6. The van der Waals surface area contributed by atoms with Crippen molar-refractivity contribution < 1.29 is 32.6 Å². The Morgan fingerprint density at radius 2 is 1.60 bits per heavy atom. The second-order valence-electron chi connectivity index (χ2n) is 7.65. The third kappa shape index (κ3) is 4.38.